The van der Waals surface area contributed by atoms with Gasteiger partial charge in [-0.3, -0.25) is 4.79 Å². The number of carbonyl (C=O) groups is 1. The zero-order valence-electron chi connectivity index (χ0n) is 14.0. The van der Waals surface area contributed by atoms with Crippen LogP contribution in [0, 0.1) is 6.92 Å². The van der Waals surface area contributed by atoms with Crippen molar-refractivity contribution >= 4 is 35.3 Å². The number of benzene rings is 2. The van der Waals surface area contributed by atoms with Crippen LogP contribution in [0.1, 0.15) is 27.2 Å². The van der Waals surface area contributed by atoms with Gasteiger partial charge in [0.2, 0.25) is 0 Å². The van der Waals surface area contributed by atoms with E-state index in [2.05, 4.69) is 15.6 Å². The van der Waals surface area contributed by atoms with Crippen molar-refractivity contribution in [3.63, 3.8) is 0 Å². The van der Waals surface area contributed by atoms with Crippen molar-refractivity contribution in [1.82, 2.24) is 15.2 Å². The third-order valence-corrected chi connectivity index (χ3v) is 4.49. The summed E-state index contributed by atoms with van der Waals surface area (Å²) in [6.45, 7) is 2.39. The number of aryl methyl sites for hydroxylation is 1. The minimum atomic E-state index is -0.391. The van der Waals surface area contributed by atoms with Crippen LogP contribution in [-0.2, 0) is 6.54 Å². The lowest BCUT2D eigenvalue weighted by Crippen LogP contribution is -2.18. The molecule has 0 fully saturated rings. The van der Waals surface area contributed by atoms with E-state index in [1.165, 1.54) is 6.21 Å². The van der Waals surface area contributed by atoms with Gasteiger partial charge in [-0.2, -0.15) is 10.2 Å². The van der Waals surface area contributed by atoms with E-state index in [0.717, 1.165) is 11.3 Å². The predicted octanol–water partition coefficient (Wildman–Crippen LogP) is 4.31. The quantitative estimate of drug-likeness (QED) is 0.524. The topological polar surface area (TPSA) is 59.3 Å². The molecule has 1 N–H and O–H groups in total. The van der Waals surface area contributed by atoms with E-state index in [0.29, 0.717) is 27.8 Å². The molecule has 0 aliphatic carbocycles. The molecule has 0 spiro atoms. The van der Waals surface area contributed by atoms with Gasteiger partial charge < -0.3 is 0 Å². The van der Waals surface area contributed by atoms with E-state index in [1.54, 1.807) is 28.9 Å². The number of hydrogen-bond acceptors (Lipinski definition) is 3. The van der Waals surface area contributed by atoms with E-state index in [-0.39, 0.29) is 0 Å². The molecule has 7 heteroatoms. The highest BCUT2D eigenvalue weighted by atomic mass is 35.5. The Morgan fingerprint density at radius 2 is 1.85 bits per heavy atom. The summed E-state index contributed by atoms with van der Waals surface area (Å²) in [4.78, 5) is 12.1. The Balaban J connectivity index is 1.73. The van der Waals surface area contributed by atoms with Gasteiger partial charge in [0, 0.05) is 0 Å². The number of nitrogens with zero attached hydrogens (tertiary/aromatic N) is 3. The van der Waals surface area contributed by atoms with Crippen LogP contribution in [0.4, 0.5) is 0 Å². The van der Waals surface area contributed by atoms with Gasteiger partial charge in [0.15, 0.2) is 0 Å². The van der Waals surface area contributed by atoms with Crippen LogP contribution in [0.3, 0.4) is 0 Å². The number of nitrogens with one attached hydrogen (secondary N) is 1. The molecular formula is C19H16Cl2N4O. The number of aromatic nitrogens is 2. The first-order chi connectivity index (χ1) is 12.6. The largest absolute Gasteiger partial charge is 0.272 e. The molecule has 0 aliphatic rings. The Morgan fingerprint density at radius 3 is 2.58 bits per heavy atom. The summed E-state index contributed by atoms with van der Waals surface area (Å²) >= 11 is 12.4. The molecule has 5 nitrogen and oxygen atoms in total. The molecule has 0 saturated carbocycles. The van der Waals surface area contributed by atoms with Crippen molar-refractivity contribution < 1.29 is 4.79 Å². The molecule has 132 valence electrons. The predicted molar refractivity (Wildman–Crippen MR) is 104 cm³/mol. The van der Waals surface area contributed by atoms with Gasteiger partial charge >= 0.3 is 0 Å². The van der Waals surface area contributed by atoms with E-state index in [4.69, 9.17) is 23.2 Å². The fourth-order valence-corrected chi connectivity index (χ4v) is 2.94. The second kappa shape index (κ2) is 8.17. The summed E-state index contributed by atoms with van der Waals surface area (Å²) in [5.41, 5.74) is 5.28. The summed E-state index contributed by atoms with van der Waals surface area (Å²) in [5, 5.41) is 9.24. The van der Waals surface area contributed by atoms with E-state index >= 15 is 0 Å². The number of halogens is 2. The van der Waals surface area contributed by atoms with Gasteiger partial charge in [0.1, 0.15) is 5.15 Å². The van der Waals surface area contributed by atoms with Crippen LogP contribution in [0.25, 0.3) is 0 Å². The zero-order chi connectivity index (χ0) is 18.5. The van der Waals surface area contributed by atoms with Crippen molar-refractivity contribution in [2.75, 3.05) is 0 Å². The number of hydrazone groups is 1. The zero-order valence-corrected chi connectivity index (χ0v) is 15.5. The van der Waals surface area contributed by atoms with Crippen LogP contribution in [0.15, 0.2) is 59.7 Å². The third-order valence-electron chi connectivity index (χ3n) is 3.76. The van der Waals surface area contributed by atoms with Crippen molar-refractivity contribution in [2.24, 2.45) is 5.10 Å². The van der Waals surface area contributed by atoms with E-state index < -0.39 is 5.91 Å². The van der Waals surface area contributed by atoms with Crippen molar-refractivity contribution in [3.05, 3.63) is 87.2 Å². The summed E-state index contributed by atoms with van der Waals surface area (Å²) in [6, 6.07) is 16.7. The molecule has 3 aromatic rings. The van der Waals surface area contributed by atoms with Gasteiger partial charge in [-0.25, -0.2) is 10.1 Å². The van der Waals surface area contributed by atoms with Gasteiger partial charge in [0.25, 0.3) is 5.91 Å². The second-order valence-electron chi connectivity index (χ2n) is 5.61. The van der Waals surface area contributed by atoms with Gasteiger partial charge in [-0.1, -0.05) is 65.7 Å². The Hall–Kier alpha value is -2.63. The lowest BCUT2D eigenvalue weighted by atomic mass is 10.2. The van der Waals surface area contributed by atoms with Crippen LogP contribution < -0.4 is 5.43 Å². The highest BCUT2D eigenvalue weighted by Crippen LogP contribution is 2.19. The van der Waals surface area contributed by atoms with Crippen molar-refractivity contribution in [2.45, 2.75) is 13.5 Å². The first kappa shape index (κ1) is 18.2. The first-order valence-electron chi connectivity index (χ1n) is 7.91. The Morgan fingerprint density at radius 1 is 1.15 bits per heavy atom. The minimum Gasteiger partial charge on any atom is -0.267 e. The van der Waals surface area contributed by atoms with Crippen molar-refractivity contribution in [3.8, 4) is 0 Å². The van der Waals surface area contributed by atoms with Gasteiger partial charge in [-0.15, -0.1) is 0 Å². The Bertz CT molecular complexity index is 951. The standard InChI is InChI=1S/C19H16Cl2N4O/c1-13-16(11-22-23-19(26)15-9-5-6-10-17(15)20)18(21)25(24-13)12-14-7-3-2-4-8-14/h2-11H,12H2,1H3,(H,23,26)/b22-11+. The third kappa shape index (κ3) is 4.12. The molecule has 1 aromatic heterocycles. The number of carbonyl (C=O) groups excluding carboxylic acids is 1. The summed E-state index contributed by atoms with van der Waals surface area (Å²) in [5.74, 6) is -0.391. The maximum absolute atomic E-state index is 12.1. The highest BCUT2D eigenvalue weighted by Gasteiger charge is 2.13. The smallest absolute Gasteiger partial charge is 0.267 e. The number of hydrogen-bond donors (Lipinski definition) is 1. The molecule has 0 unspecified atom stereocenters. The maximum Gasteiger partial charge on any atom is 0.272 e. The molecule has 0 aliphatic heterocycles. The fourth-order valence-electron chi connectivity index (χ4n) is 2.44. The molecule has 1 heterocycles. The lowest BCUT2D eigenvalue weighted by Gasteiger charge is -2.03. The van der Waals surface area contributed by atoms with Crippen LogP contribution in [0.2, 0.25) is 10.2 Å². The van der Waals surface area contributed by atoms with Gasteiger partial charge in [0.05, 0.1) is 34.6 Å². The lowest BCUT2D eigenvalue weighted by molar-refractivity contribution is 0.0955. The first-order valence-corrected chi connectivity index (χ1v) is 8.66. The van der Waals surface area contributed by atoms with E-state index in [1.807, 2.05) is 37.3 Å². The van der Waals surface area contributed by atoms with Gasteiger partial charge in [-0.05, 0) is 24.6 Å². The van der Waals surface area contributed by atoms with Crippen LogP contribution in [-0.4, -0.2) is 21.9 Å². The molecule has 2 aromatic carbocycles. The molecule has 1 amide bonds. The Kier molecular flexibility index (Phi) is 5.71. The second-order valence-corrected chi connectivity index (χ2v) is 6.38. The molecule has 0 atom stereocenters. The van der Waals surface area contributed by atoms with Crippen molar-refractivity contribution in [1.29, 1.82) is 0 Å². The molecule has 0 bridgehead atoms. The molecule has 3 rings (SSSR count). The summed E-state index contributed by atoms with van der Waals surface area (Å²) in [7, 11) is 0. The van der Waals surface area contributed by atoms with Crippen LogP contribution >= 0.6 is 23.2 Å². The molecule has 26 heavy (non-hydrogen) atoms. The number of rotatable bonds is 5. The number of amides is 1. The SMILES string of the molecule is Cc1nn(Cc2ccccc2)c(Cl)c1/C=N/NC(=O)c1ccccc1Cl. The minimum absolute atomic E-state index is 0.355. The summed E-state index contributed by atoms with van der Waals surface area (Å²) < 4.78 is 1.70. The van der Waals surface area contributed by atoms with E-state index in [9.17, 15) is 4.79 Å². The normalized spacial score (nSPS) is 11.0. The molecule has 0 radical (unpaired) electrons. The summed E-state index contributed by atoms with van der Waals surface area (Å²) in [6.07, 6.45) is 1.49. The average Bonchev–Trinajstić information content (AvgIpc) is 2.90. The van der Waals surface area contributed by atoms with Crippen LogP contribution in [0.5, 0.6) is 0 Å². The molecule has 0 saturated heterocycles. The average molecular weight is 387 g/mol. The highest BCUT2D eigenvalue weighted by molar-refractivity contribution is 6.34. The Labute approximate surface area is 161 Å². The monoisotopic (exact) mass is 386 g/mol. The maximum atomic E-state index is 12.1. The fraction of sp³-hybridized carbons (Fsp3) is 0.105. The molecular weight excluding hydrogens is 371 g/mol.